The van der Waals surface area contributed by atoms with E-state index in [9.17, 15) is 9.18 Å². The van der Waals surface area contributed by atoms with E-state index in [1.165, 1.54) is 18.5 Å². The second-order valence-corrected chi connectivity index (χ2v) is 3.99. The van der Waals surface area contributed by atoms with Crippen molar-refractivity contribution in [1.29, 1.82) is 0 Å². The van der Waals surface area contributed by atoms with E-state index in [-0.39, 0.29) is 11.4 Å². The molecule has 0 unspecified atom stereocenters. The van der Waals surface area contributed by atoms with Gasteiger partial charge in [-0.05, 0) is 24.1 Å². The summed E-state index contributed by atoms with van der Waals surface area (Å²) in [6, 6.07) is 8.11. The predicted octanol–water partition coefficient (Wildman–Crippen LogP) is 2.57. The van der Waals surface area contributed by atoms with E-state index in [0.29, 0.717) is 24.2 Å². The lowest BCUT2D eigenvalue weighted by atomic mass is 10.1. The molecule has 0 radical (unpaired) electrons. The number of pyridine rings is 1. The van der Waals surface area contributed by atoms with E-state index in [2.05, 4.69) is 10.3 Å². The molecular formula is C14H13FN2O2. The van der Waals surface area contributed by atoms with E-state index in [1.807, 2.05) is 0 Å². The molecule has 4 nitrogen and oxygen atoms in total. The summed E-state index contributed by atoms with van der Waals surface area (Å²) in [5.74, 6) is -1.29. The zero-order valence-electron chi connectivity index (χ0n) is 10.1. The van der Waals surface area contributed by atoms with Crippen molar-refractivity contribution >= 4 is 11.7 Å². The molecule has 0 amide bonds. The normalized spacial score (nSPS) is 10.2. The first-order valence-corrected chi connectivity index (χ1v) is 5.83. The molecule has 98 valence electrons. The molecule has 0 bridgehead atoms. The second-order valence-electron chi connectivity index (χ2n) is 3.99. The fourth-order valence-electron chi connectivity index (χ4n) is 1.75. The van der Waals surface area contributed by atoms with Gasteiger partial charge in [-0.3, -0.25) is 4.98 Å². The monoisotopic (exact) mass is 260 g/mol. The Morgan fingerprint density at radius 3 is 2.84 bits per heavy atom. The van der Waals surface area contributed by atoms with Crippen molar-refractivity contribution in [1.82, 2.24) is 4.98 Å². The molecule has 2 N–H and O–H groups in total. The van der Waals surface area contributed by atoms with Crippen molar-refractivity contribution in [2.24, 2.45) is 0 Å². The number of nitrogens with zero attached hydrogens (tertiary/aromatic N) is 1. The first-order valence-electron chi connectivity index (χ1n) is 5.83. The van der Waals surface area contributed by atoms with Crippen molar-refractivity contribution in [3.8, 4) is 0 Å². The van der Waals surface area contributed by atoms with Gasteiger partial charge >= 0.3 is 5.97 Å². The van der Waals surface area contributed by atoms with Crippen molar-refractivity contribution in [2.75, 3.05) is 11.9 Å². The number of hydrogen-bond donors (Lipinski definition) is 2. The molecule has 1 heterocycles. The van der Waals surface area contributed by atoms with Crippen LogP contribution in [0.15, 0.2) is 42.7 Å². The van der Waals surface area contributed by atoms with Crippen LogP contribution in [0.25, 0.3) is 0 Å². The molecule has 0 fully saturated rings. The molecule has 5 heteroatoms. The molecule has 2 rings (SSSR count). The van der Waals surface area contributed by atoms with Crippen LogP contribution in [-0.2, 0) is 6.42 Å². The van der Waals surface area contributed by atoms with E-state index in [4.69, 9.17) is 5.11 Å². The first-order chi connectivity index (χ1) is 9.18. The number of carbonyl (C=O) groups is 1. The summed E-state index contributed by atoms with van der Waals surface area (Å²) in [7, 11) is 0. The highest BCUT2D eigenvalue weighted by Crippen LogP contribution is 2.14. The van der Waals surface area contributed by atoms with Crippen molar-refractivity contribution < 1.29 is 14.3 Å². The molecule has 1 aromatic heterocycles. The number of aromatic nitrogens is 1. The van der Waals surface area contributed by atoms with Gasteiger partial charge in [-0.25, -0.2) is 9.18 Å². The van der Waals surface area contributed by atoms with Crippen LogP contribution in [0.1, 0.15) is 15.9 Å². The molecule has 0 atom stereocenters. The lowest BCUT2D eigenvalue weighted by Crippen LogP contribution is -2.10. The molecule has 19 heavy (non-hydrogen) atoms. The zero-order chi connectivity index (χ0) is 13.7. The average molecular weight is 260 g/mol. The number of nitrogens with one attached hydrogen (secondary N) is 1. The summed E-state index contributed by atoms with van der Waals surface area (Å²) in [4.78, 5) is 14.7. The lowest BCUT2D eigenvalue weighted by molar-refractivity contribution is 0.0697. The highest BCUT2D eigenvalue weighted by molar-refractivity contribution is 5.93. The van der Waals surface area contributed by atoms with Gasteiger partial charge in [0.05, 0.1) is 5.69 Å². The molecular weight excluding hydrogens is 247 g/mol. The topological polar surface area (TPSA) is 62.2 Å². The minimum atomic E-state index is -1.04. The van der Waals surface area contributed by atoms with E-state index in [0.717, 1.165) is 0 Å². The van der Waals surface area contributed by atoms with Gasteiger partial charge in [0.2, 0.25) is 0 Å². The lowest BCUT2D eigenvalue weighted by Gasteiger charge is -2.09. The van der Waals surface area contributed by atoms with Crippen molar-refractivity contribution in [2.45, 2.75) is 6.42 Å². The molecule has 0 aliphatic heterocycles. The SMILES string of the molecule is O=C(O)c1cnccc1NCCc1ccccc1F. The van der Waals surface area contributed by atoms with Crippen molar-refractivity contribution in [3.05, 3.63) is 59.7 Å². The van der Waals surface area contributed by atoms with Gasteiger partial charge in [0.1, 0.15) is 11.4 Å². The Morgan fingerprint density at radius 1 is 1.32 bits per heavy atom. The van der Waals surface area contributed by atoms with E-state index in [1.54, 1.807) is 24.3 Å². The highest BCUT2D eigenvalue weighted by Gasteiger charge is 2.09. The van der Waals surface area contributed by atoms with Crippen LogP contribution in [0.2, 0.25) is 0 Å². The second kappa shape index (κ2) is 5.95. The Hall–Kier alpha value is -2.43. The number of carboxylic acid groups (broad SMARTS) is 1. The number of aromatic carboxylic acids is 1. The van der Waals surface area contributed by atoms with Gasteiger partial charge in [-0.15, -0.1) is 0 Å². The van der Waals surface area contributed by atoms with Gasteiger partial charge in [0, 0.05) is 18.9 Å². The average Bonchev–Trinajstić information content (AvgIpc) is 2.41. The van der Waals surface area contributed by atoms with Crippen LogP contribution in [0, 0.1) is 5.82 Å². The van der Waals surface area contributed by atoms with Gasteiger partial charge < -0.3 is 10.4 Å². The summed E-state index contributed by atoms with van der Waals surface area (Å²) >= 11 is 0. The molecule has 0 aliphatic rings. The Labute approximate surface area is 109 Å². The smallest absolute Gasteiger partial charge is 0.339 e. The number of hydrogen-bond acceptors (Lipinski definition) is 3. The number of carboxylic acids is 1. The molecule has 0 aliphatic carbocycles. The number of rotatable bonds is 5. The maximum absolute atomic E-state index is 13.4. The van der Waals surface area contributed by atoms with Crippen molar-refractivity contribution in [3.63, 3.8) is 0 Å². The van der Waals surface area contributed by atoms with Crippen LogP contribution in [0.3, 0.4) is 0 Å². The number of halogens is 1. The molecule has 1 aromatic carbocycles. The summed E-state index contributed by atoms with van der Waals surface area (Å²) in [5.41, 5.74) is 1.19. The number of anilines is 1. The maximum Gasteiger partial charge on any atom is 0.339 e. The maximum atomic E-state index is 13.4. The third-order valence-corrected chi connectivity index (χ3v) is 2.72. The molecule has 2 aromatic rings. The minimum absolute atomic E-state index is 0.107. The quantitative estimate of drug-likeness (QED) is 0.867. The largest absolute Gasteiger partial charge is 0.478 e. The van der Waals surface area contributed by atoms with Crippen LogP contribution in [0.5, 0.6) is 0 Å². The van der Waals surface area contributed by atoms with Gasteiger partial charge in [0.15, 0.2) is 0 Å². The molecule has 0 saturated heterocycles. The zero-order valence-corrected chi connectivity index (χ0v) is 10.1. The first kappa shape index (κ1) is 13.0. The Bertz CT molecular complexity index is 587. The van der Waals surface area contributed by atoms with Crippen LogP contribution >= 0.6 is 0 Å². The predicted molar refractivity (Wildman–Crippen MR) is 69.8 cm³/mol. The van der Waals surface area contributed by atoms with Gasteiger partial charge in [-0.2, -0.15) is 0 Å². The van der Waals surface area contributed by atoms with Crippen LogP contribution in [0.4, 0.5) is 10.1 Å². The summed E-state index contributed by atoms with van der Waals surface area (Å²) in [6.07, 6.45) is 3.28. The fraction of sp³-hybridized carbons (Fsp3) is 0.143. The molecule has 0 spiro atoms. The standard InChI is InChI=1S/C14H13FN2O2/c15-12-4-2-1-3-10(12)5-8-17-13-6-7-16-9-11(13)14(18)19/h1-4,6-7,9H,5,8H2,(H,16,17)(H,18,19). The van der Waals surface area contributed by atoms with Gasteiger partial charge in [-0.1, -0.05) is 18.2 Å². The van der Waals surface area contributed by atoms with E-state index < -0.39 is 5.97 Å². The third kappa shape index (κ3) is 3.28. The summed E-state index contributed by atoms with van der Waals surface area (Å²) in [5, 5.41) is 12.0. The Morgan fingerprint density at radius 2 is 2.11 bits per heavy atom. The number of benzene rings is 1. The van der Waals surface area contributed by atoms with Crippen LogP contribution in [-0.4, -0.2) is 22.6 Å². The summed E-state index contributed by atoms with van der Waals surface area (Å²) < 4.78 is 13.4. The van der Waals surface area contributed by atoms with Crippen LogP contribution < -0.4 is 5.32 Å². The van der Waals surface area contributed by atoms with E-state index >= 15 is 0 Å². The molecule has 0 saturated carbocycles. The summed E-state index contributed by atoms with van der Waals surface area (Å²) in [6.45, 7) is 0.450. The highest BCUT2D eigenvalue weighted by atomic mass is 19.1. The van der Waals surface area contributed by atoms with Gasteiger partial charge in [0.25, 0.3) is 0 Å². The fourth-order valence-corrected chi connectivity index (χ4v) is 1.75. The Balaban J connectivity index is 2.00. The third-order valence-electron chi connectivity index (χ3n) is 2.72. The Kier molecular flexibility index (Phi) is 4.07. The minimum Gasteiger partial charge on any atom is -0.478 e.